The summed E-state index contributed by atoms with van der Waals surface area (Å²) in [6.45, 7) is 7.41. The molecule has 0 bridgehead atoms. The van der Waals surface area contributed by atoms with E-state index in [1.54, 1.807) is 0 Å². The summed E-state index contributed by atoms with van der Waals surface area (Å²) >= 11 is 3.50. The molecule has 0 amide bonds. The van der Waals surface area contributed by atoms with E-state index in [2.05, 4.69) is 87.4 Å². The van der Waals surface area contributed by atoms with Gasteiger partial charge in [-0.15, -0.1) is 0 Å². The normalized spacial score (nSPS) is 13.9. The molecule has 0 radical (unpaired) electrons. The van der Waals surface area contributed by atoms with Gasteiger partial charge in [0.15, 0.2) is 0 Å². The summed E-state index contributed by atoms with van der Waals surface area (Å²) in [5.74, 6) is 0. The summed E-state index contributed by atoms with van der Waals surface area (Å²) in [4.78, 5) is 11.0. The summed E-state index contributed by atoms with van der Waals surface area (Å²) in [6.07, 6.45) is 6.94. The van der Waals surface area contributed by atoms with Crippen molar-refractivity contribution in [1.29, 1.82) is 0 Å². The number of para-hydroxylation sites is 1. The Balaban J connectivity index is 1.66. The third-order valence-electron chi connectivity index (χ3n) is 6.15. The van der Waals surface area contributed by atoms with Gasteiger partial charge in [-0.2, -0.15) is 0 Å². The van der Waals surface area contributed by atoms with E-state index in [4.69, 9.17) is 4.98 Å². The Hall–Kier alpha value is -2.55. The van der Waals surface area contributed by atoms with Crippen LogP contribution in [0.2, 0.25) is 0 Å². The largest absolute Gasteiger partial charge is 0.341 e. The van der Waals surface area contributed by atoms with E-state index >= 15 is 0 Å². The molecule has 0 fully saturated rings. The lowest BCUT2D eigenvalue weighted by atomic mass is 9.94. The van der Waals surface area contributed by atoms with E-state index in [0.717, 1.165) is 40.0 Å². The molecule has 3 heterocycles. The molecule has 1 aliphatic rings. The summed E-state index contributed by atoms with van der Waals surface area (Å²) in [5.41, 5.74) is 8.00. The van der Waals surface area contributed by atoms with Crippen LogP contribution in [-0.4, -0.2) is 21.2 Å². The van der Waals surface area contributed by atoms with Crippen molar-refractivity contribution in [2.45, 2.75) is 32.2 Å². The molecule has 0 atom stereocenters. The highest BCUT2D eigenvalue weighted by molar-refractivity contribution is 9.10. The van der Waals surface area contributed by atoms with Crippen molar-refractivity contribution in [3.05, 3.63) is 105 Å². The first kappa shape index (κ1) is 21.3. The van der Waals surface area contributed by atoms with Crippen LogP contribution >= 0.6 is 24.1 Å². The molecule has 0 N–H and O–H groups in total. The molecule has 0 unspecified atom stereocenters. The maximum Gasteiger partial charge on any atom is 0.106 e. The maximum atomic E-state index is 5.04. The van der Waals surface area contributed by atoms with Gasteiger partial charge in [0, 0.05) is 38.9 Å². The van der Waals surface area contributed by atoms with Crippen LogP contribution in [0.4, 0.5) is 0 Å². The first-order valence-electron chi connectivity index (χ1n) is 11.0. The van der Waals surface area contributed by atoms with Gasteiger partial charge in [0.1, 0.15) is 4.60 Å². The maximum absolute atomic E-state index is 5.04. The van der Waals surface area contributed by atoms with Gasteiger partial charge < -0.3 is 4.57 Å². The van der Waals surface area contributed by atoms with Gasteiger partial charge in [-0.3, -0.25) is 4.98 Å². The second-order valence-electron chi connectivity index (χ2n) is 8.20. The van der Waals surface area contributed by atoms with Gasteiger partial charge in [-0.1, -0.05) is 45.1 Å². The van der Waals surface area contributed by atoms with Crippen molar-refractivity contribution in [3.8, 4) is 0 Å². The lowest BCUT2D eigenvalue weighted by Crippen LogP contribution is -2.08. The highest BCUT2D eigenvalue weighted by Crippen LogP contribution is 2.31. The molecule has 5 rings (SSSR count). The van der Waals surface area contributed by atoms with E-state index < -0.39 is 0 Å². The molecule has 0 spiro atoms. The van der Waals surface area contributed by atoms with Crippen molar-refractivity contribution >= 4 is 40.6 Å². The minimum atomic E-state index is 0.693. The van der Waals surface area contributed by atoms with E-state index in [0.29, 0.717) is 6.54 Å². The topological polar surface area (TPSA) is 30.7 Å². The zero-order valence-electron chi connectivity index (χ0n) is 18.2. The molecule has 0 aliphatic heterocycles. The lowest BCUT2D eigenvalue weighted by molar-refractivity contribution is 0.667. The van der Waals surface area contributed by atoms with Crippen LogP contribution in [0.1, 0.15) is 41.1 Å². The van der Waals surface area contributed by atoms with Crippen LogP contribution in [0, 0.1) is 4.94 Å². The number of fused-ring (bicyclic) bond motifs is 2. The molecule has 4 aromatic rings. The molecular weight excluding hydrogens is 477 g/mol. The Morgan fingerprint density at radius 1 is 1.03 bits per heavy atom. The number of halogens is 1. The fraction of sp³-hybridized carbons (Fsp3) is 0.222. The van der Waals surface area contributed by atoms with Gasteiger partial charge >= 0.3 is 0 Å². The molecule has 0 saturated heterocycles. The highest BCUT2D eigenvalue weighted by Gasteiger charge is 2.15. The molecule has 3 aromatic heterocycles. The molecule has 1 aliphatic carbocycles. The first-order chi connectivity index (χ1) is 15.6. The van der Waals surface area contributed by atoms with Crippen molar-refractivity contribution in [1.82, 2.24) is 14.5 Å². The van der Waals surface area contributed by atoms with Gasteiger partial charge in [-0.25, -0.2) is 4.98 Å². The predicted octanol–water partition coefficient (Wildman–Crippen LogP) is 7.29. The van der Waals surface area contributed by atoms with Gasteiger partial charge in [0.25, 0.3) is 0 Å². The standard InChI is InChI=1S/C27H25BrN3P/c1-18(23-15-14-19-8-3-5-11-24(19)30-23)22-17-31(16-20-9-7-13-26(28)29-20)25-12-6-4-10-21(25)27(22)32-2/h4,6-7,9-10,12-15,17H,1,3,5,8,11,16H2,2H3. The highest BCUT2D eigenvalue weighted by atomic mass is 79.9. The first-order valence-corrected chi connectivity index (χ1v) is 13.1. The number of nitrogens with zero attached hydrogens (tertiary/aromatic N) is 3. The van der Waals surface area contributed by atoms with Crippen LogP contribution in [0.5, 0.6) is 0 Å². The molecule has 1 aromatic carbocycles. The average molecular weight is 502 g/mol. The number of hydrogen-bond donors (Lipinski definition) is 0. The van der Waals surface area contributed by atoms with Gasteiger partial charge in [0.05, 0.1) is 17.9 Å². The third kappa shape index (κ3) is 4.10. The molecule has 0 saturated carbocycles. The zero-order chi connectivity index (χ0) is 22.1. The number of pyridine rings is 3. The van der Waals surface area contributed by atoms with E-state index in [-0.39, 0.29) is 0 Å². The van der Waals surface area contributed by atoms with E-state index in [9.17, 15) is 0 Å². The van der Waals surface area contributed by atoms with Crippen LogP contribution < -0.4 is 0 Å². The SMILES string of the molecule is C=C(c1ccc2c(n1)CCCC2)c1cn(Cc2cccc(Br)n2)c2ccccc2c1=PC. The van der Waals surface area contributed by atoms with Gasteiger partial charge in [-0.05, 0) is 78.1 Å². The summed E-state index contributed by atoms with van der Waals surface area (Å²) < 4.78 is 3.14. The predicted molar refractivity (Wildman–Crippen MR) is 138 cm³/mol. The fourth-order valence-electron chi connectivity index (χ4n) is 4.55. The Morgan fingerprint density at radius 3 is 2.72 bits per heavy atom. The summed E-state index contributed by atoms with van der Waals surface area (Å²) in [6, 6.07) is 19.1. The van der Waals surface area contributed by atoms with E-state index in [1.807, 2.05) is 12.1 Å². The van der Waals surface area contributed by atoms with E-state index in [1.165, 1.54) is 48.1 Å². The summed E-state index contributed by atoms with van der Waals surface area (Å²) in [7, 11) is 1.22. The second-order valence-corrected chi connectivity index (χ2v) is 9.91. The number of hydrogen-bond acceptors (Lipinski definition) is 2. The number of rotatable bonds is 4. The number of aryl methyl sites for hydroxylation is 2. The van der Waals surface area contributed by atoms with Crippen molar-refractivity contribution in [3.63, 3.8) is 0 Å². The minimum Gasteiger partial charge on any atom is -0.341 e. The molecular formula is C27H25BrN3P. The molecule has 3 nitrogen and oxygen atoms in total. The van der Waals surface area contributed by atoms with Crippen LogP contribution in [0.3, 0.4) is 0 Å². The van der Waals surface area contributed by atoms with Crippen molar-refractivity contribution < 1.29 is 0 Å². The lowest BCUT2D eigenvalue weighted by Gasteiger charge is -2.18. The molecule has 160 valence electrons. The Morgan fingerprint density at radius 2 is 1.88 bits per heavy atom. The smallest absolute Gasteiger partial charge is 0.106 e. The monoisotopic (exact) mass is 501 g/mol. The van der Waals surface area contributed by atoms with Crippen molar-refractivity contribution in [2.75, 3.05) is 6.66 Å². The molecule has 5 heteroatoms. The average Bonchev–Trinajstić information content (AvgIpc) is 2.83. The molecule has 32 heavy (non-hydrogen) atoms. The third-order valence-corrected chi connectivity index (χ3v) is 7.52. The quantitative estimate of drug-likeness (QED) is 0.217. The zero-order valence-corrected chi connectivity index (χ0v) is 20.7. The summed E-state index contributed by atoms with van der Waals surface area (Å²) in [5, 5.41) is 1.25. The minimum absolute atomic E-state index is 0.693. The fourth-order valence-corrected chi connectivity index (χ4v) is 5.79. The Kier molecular flexibility index (Phi) is 6.08. The van der Waals surface area contributed by atoms with Crippen LogP contribution in [0.15, 0.2) is 72.0 Å². The van der Waals surface area contributed by atoms with Gasteiger partial charge in [0.2, 0.25) is 0 Å². The Bertz CT molecular complexity index is 1400. The number of benzene rings is 1. The van der Waals surface area contributed by atoms with Crippen LogP contribution in [0.25, 0.3) is 16.5 Å². The van der Waals surface area contributed by atoms with Crippen LogP contribution in [-0.2, 0) is 19.4 Å². The van der Waals surface area contributed by atoms with Crippen molar-refractivity contribution in [2.24, 2.45) is 0 Å². The second kappa shape index (κ2) is 9.13. The Labute approximate surface area is 198 Å². The number of aromatic nitrogens is 3.